The Morgan fingerprint density at radius 3 is 2.21 bits per heavy atom. The maximum atomic E-state index is 12.6. The standard InChI is InChI=1S/C14H25N3O2/c1-11(18)16-7-9-17(10-8-16)13(19)12-5-3-4-6-14(12,2)15/h12H,3-10,15H2,1-2H3. The Labute approximate surface area is 115 Å². The van der Waals surface area contributed by atoms with Gasteiger partial charge in [-0.15, -0.1) is 0 Å². The number of nitrogens with two attached hydrogens (primary N) is 1. The molecule has 1 saturated heterocycles. The first-order valence-electron chi connectivity index (χ1n) is 7.25. The van der Waals surface area contributed by atoms with Gasteiger partial charge in [-0.1, -0.05) is 12.8 Å². The summed E-state index contributed by atoms with van der Waals surface area (Å²) in [7, 11) is 0. The van der Waals surface area contributed by atoms with Crippen LogP contribution in [0.15, 0.2) is 0 Å². The van der Waals surface area contributed by atoms with Crippen molar-refractivity contribution in [3.8, 4) is 0 Å². The van der Waals surface area contributed by atoms with Crippen LogP contribution in [-0.2, 0) is 9.59 Å². The van der Waals surface area contributed by atoms with Crippen LogP contribution in [-0.4, -0.2) is 53.3 Å². The number of carbonyl (C=O) groups excluding carboxylic acids is 2. The van der Waals surface area contributed by atoms with Gasteiger partial charge in [-0.2, -0.15) is 0 Å². The molecule has 2 rings (SSSR count). The van der Waals surface area contributed by atoms with Gasteiger partial charge in [0.2, 0.25) is 11.8 Å². The molecule has 1 saturated carbocycles. The van der Waals surface area contributed by atoms with E-state index in [1.54, 1.807) is 11.8 Å². The van der Waals surface area contributed by atoms with E-state index in [2.05, 4.69) is 0 Å². The zero-order chi connectivity index (χ0) is 14.0. The minimum absolute atomic E-state index is 0.0508. The van der Waals surface area contributed by atoms with Gasteiger partial charge in [0, 0.05) is 38.6 Å². The Hall–Kier alpha value is -1.10. The molecule has 2 fully saturated rings. The fourth-order valence-electron chi connectivity index (χ4n) is 3.23. The van der Waals surface area contributed by atoms with Crippen LogP contribution in [0.25, 0.3) is 0 Å². The van der Waals surface area contributed by atoms with Crippen LogP contribution in [0.3, 0.4) is 0 Å². The van der Waals surface area contributed by atoms with Crippen molar-refractivity contribution in [3.05, 3.63) is 0 Å². The molecular weight excluding hydrogens is 242 g/mol. The lowest BCUT2D eigenvalue weighted by atomic mass is 9.74. The van der Waals surface area contributed by atoms with E-state index in [0.29, 0.717) is 26.2 Å². The Kier molecular flexibility index (Phi) is 4.13. The summed E-state index contributed by atoms with van der Waals surface area (Å²) in [5.41, 5.74) is 5.93. The van der Waals surface area contributed by atoms with Crippen molar-refractivity contribution in [2.75, 3.05) is 26.2 Å². The van der Waals surface area contributed by atoms with E-state index >= 15 is 0 Å². The van der Waals surface area contributed by atoms with E-state index in [4.69, 9.17) is 5.73 Å². The molecule has 1 aliphatic heterocycles. The van der Waals surface area contributed by atoms with E-state index in [1.807, 2.05) is 11.8 Å². The highest BCUT2D eigenvalue weighted by atomic mass is 16.2. The fourth-order valence-corrected chi connectivity index (χ4v) is 3.23. The van der Waals surface area contributed by atoms with Crippen molar-refractivity contribution in [1.82, 2.24) is 9.80 Å². The molecule has 2 unspecified atom stereocenters. The molecule has 19 heavy (non-hydrogen) atoms. The van der Waals surface area contributed by atoms with Gasteiger partial charge in [-0.25, -0.2) is 0 Å². The molecule has 2 aliphatic rings. The first-order chi connectivity index (χ1) is 8.92. The normalized spacial score (nSPS) is 32.3. The Morgan fingerprint density at radius 1 is 1.11 bits per heavy atom. The maximum Gasteiger partial charge on any atom is 0.227 e. The highest BCUT2D eigenvalue weighted by molar-refractivity contribution is 5.81. The molecule has 0 spiro atoms. The molecule has 2 amide bonds. The van der Waals surface area contributed by atoms with Crippen LogP contribution in [0.2, 0.25) is 0 Å². The molecule has 5 nitrogen and oxygen atoms in total. The molecule has 0 aromatic carbocycles. The summed E-state index contributed by atoms with van der Waals surface area (Å²) in [6.07, 6.45) is 4.04. The van der Waals surface area contributed by atoms with Crippen LogP contribution in [0.5, 0.6) is 0 Å². The number of carbonyl (C=O) groups is 2. The summed E-state index contributed by atoms with van der Waals surface area (Å²) < 4.78 is 0. The summed E-state index contributed by atoms with van der Waals surface area (Å²) in [6.45, 7) is 6.16. The second kappa shape index (κ2) is 5.49. The highest BCUT2D eigenvalue weighted by Crippen LogP contribution is 2.33. The summed E-state index contributed by atoms with van der Waals surface area (Å²) in [5, 5.41) is 0. The first kappa shape index (κ1) is 14.3. The van der Waals surface area contributed by atoms with Crippen LogP contribution >= 0.6 is 0 Å². The lowest BCUT2D eigenvalue weighted by Gasteiger charge is -2.42. The third kappa shape index (κ3) is 3.08. The molecule has 108 valence electrons. The van der Waals surface area contributed by atoms with E-state index in [-0.39, 0.29) is 23.3 Å². The molecule has 0 radical (unpaired) electrons. The second-order valence-corrected chi connectivity index (χ2v) is 6.14. The van der Waals surface area contributed by atoms with Crippen molar-refractivity contribution in [2.45, 2.75) is 45.1 Å². The van der Waals surface area contributed by atoms with Gasteiger partial charge < -0.3 is 15.5 Å². The third-order valence-corrected chi connectivity index (χ3v) is 4.59. The molecule has 2 atom stereocenters. The van der Waals surface area contributed by atoms with Crippen LogP contribution < -0.4 is 5.73 Å². The van der Waals surface area contributed by atoms with Gasteiger partial charge in [0.25, 0.3) is 0 Å². The Balaban J connectivity index is 1.95. The summed E-state index contributed by atoms with van der Waals surface area (Å²) in [6, 6.07) is 0. The average molecular weight is 267 g/mol. The Morgan fingerprint density at radius 2 is 1.68 bits per heavy atom. The zero-order valence-corrected chi connectivity index (χ0v) is 12.0. The number of hydrogen-bond acceptors (Lipinski definition) is 3. The number of hydrogen-bond donors (Lipinski definition) is 1. The average Bonchev–Trinajstić information content (AvgIpc) is 2.37. The SMILES string of the molecule is CC(=O)N1CCN(C(=O)C2CCCCC2(C)N)CC1. The van der Waals surface area contributed by atoms with Gasteiger partial charge in [-0.05, 0) is 19.8 Å². The lowest BCUT2D eigenvalue weighted by molar-refractivity contribution is -0.144. The van der Waals surface area contributed by atoms with E-state index < -0.39 is 0 Å². The number of piperazine rings is 1. The minimum Gasteiger partial charge on any atom is -0.339 e. The summed E-state index contributed by atoms with van der Waals surface area (Å²) in [5.74, 6) is 0.228. The summed E-state index contributed by atoms with van der Waals surface area (Å²) >= 11 is 0. The maximum absolute atomic E-state index is 12.6. The van der Waals surface area contributed by atoms with Gasteiger partial charge in [0.05, 0.1) is 5.92 Å². The summed E-state index contributed by atoms with van der Waals surface area (Å²) in [4.78, 5) is 27.6. The van der Waals surface area contributed by atoms with Crippen molar-refractivity contribution in [1.29, 1.82) is 0 Å². The van der Waals surface area contributed by atoms with Crippen molar-refractivity contribution in [3.63, 3.8) is 0 Å². The second-order valence-electron chi connectivity index (χ2n) is 6.14. The Bertz CT molecular complexity index is 360. The number of amides is 2. The number of rotatable bonds is 1. The van der Waals surface area contributed by atoms with Crippen molar-refractivity contribution < 1.29 is 9.59 Å². The third-order valence-electron chi connectivity index (χ3n) is 4.59. The van der Waals surface area contributed by atoms with Crippen LogP contribution in [0, 0.1) is 5.92 Å². The molecule has 5 heteroatoms. The highest BCUT2D eigenvalue weighted by Gasteiger charge is 2.40. The lowest BCUT2D eigenvalue weighted by Crippen LogP contribution is -2.57. The molecular formula is C14H25N3O2. The zero-order valence-electron chi connectivity index (χ0n) is 12.0. The number of nitrogens with zero attached hydrogens (tertiary/aromatic N) is 2. The first-order valence-corrected chi connectivity index (χ1v) is 7.25. The fraction of sp³-hybridized carbons (Fsp3) is 0.857. The van der Waals surface area contributed by atoms with E-state index in [1.165, 1.54) is 0 Å². The van der Waals surface area contributed by atoms with Gasteiger partial charge in [0.1, 0.15) is 0 Å². The van der Waals surface area contributed by atoms with E-state index in [0.717, 1.165) is 25.7 Å². The molecule has 1 heterocycles. The predicted molar refractivity (Wildman–Crippen MR) is 73.4 cm³/mol. The minimum atomic E-state index is -0.368. The topological polar surface area (TPSA) is 66.6 Å². The predicted octanol–water partition coefficient (Wildman–Crippen LogP) is 0.585. The largest absolute Gasteiger partial charge is 0.339 e. The van der Waals surface area contributed by atoms with Gasteiger partial charge in [-0.3, -0.25) is 9.59 Å². The van der Waals surface area contributed by atoms with E-state index in [9.17, 15) is 9.59 Å². The molecule has 0 aromatic heterocycles. The van der Waals surface area contributed by atoms with Crippen molar-refractivity contribution >= 4 is 11.8 Å². The molecule has 0 bridgehead atoms. The molecule has 2 N–H and O–H groups in total. The smallest absolute Gasteiger partial charge is 0.227 e. The van der Waals surface area contributed by atoms with Gasteiger partial charge in [0.15, 0.2) is 0 Å². The van der Waals surface area contributed by atoms with Crippen molar-refractivity contribution in [2.24, 2.45) is 11.7 Å². The quantitative estimate of drug-likeness (QED) is 0.756. The monoisotopic (exact) mass is 267 g/mol. The van der Waals surface area contributed by atoms with Gasteiger partial charge >= 0.3 is 0 Å². The molecule has 0 aromatic rings. The van der Waals surface area contributed by atoms with Crippen LogP contribution in [0.4, 0.5) is 0 Å². The molecule has 1 aliphatic carbocycles. The van der Waals surface area contributed by atoms with Crippen LogP contribution in [0.1, 0.15) is 39.5 Å².